The molecule has 0 saturated carbocycles. The van der Waals surface area contributed by atoms with Crippen LogP contribution >= 0.6 is 0 Å². The van der Waals surface area contributed by atoms with Gasteiger partial charge in [-0.25, -0.2) is 4.39 Å². The van der Waals surface area contributed by atoms with Crippen LogP contribution in [0, 0.1) is 5.82 Å². The number of halogens is 1. The van der Waals surface area contributed by atoms with Gasteiger partial charge in [-0.2, -0.15) is 0 Å². The fourth-order valence-electron chi connectivity index (χ4n) is 1.96. The van der Waals surface area contributed by atoms with Gasteiger partial charge in [-0.1, -0.05) is 12.1 Å². The lowest BCUT2D eigenvalue weighted by molar-refractivity contribution is 0.0169. The molecule has 1 aliphatic heterocycles. The van der Waals surface area contributed by atoms with Crippen molar-refractivity contribution in [1.82, 2.24) is 0 Å². The second-order valence-electron chi connectivity index (χ2n) is 4.19. The van der Waals surface area contributed by atoms with E-state index in [4.69, 9.17) is 4.74 Å². The molecule has 1 aromatic carbocycles. The van der Waals surface area contributed by atoms with Gasteiger partial charge in [0.2, 0.25) is 0 Å². The summed E-state index contributed by atoms with van der Waals surface area (Å²) >= 11 is 0. The van der Waals surface area contributed by atoms with Crippen LogP contribution in [-0.2, 0) is 11.2 Å². The van der Waals surface area contributed by atoms with Crippen molar-refractivity contribution in [3.05, 3.63) is 35.6 Å². The van der Waals surface area contributed by atoms with Crippen LogP contribution in [0.25, 0.3) is 0 Å². The molecule has 1 heterocycles. The minimum atomic E-state index is -0.875. The first kappa shape index (κ1) is 11.5. The first-order chi connectivity index (χ1) is 7.58. The van der Waals surface area contributed by atoms with Gasteiger partial charge in [-0.3, -0.25) is 0 Å². The number of benzene rings is 1. The maximum Gasteiger partial charge on any atom is 0.123 e. The maximum atomic E-state index is 12.7. The van der Waals surface area contributed by atoms with E-state index in [0.29, 0.717) is 6.42 Å². The number of hydrogen-bond donors (Lipinski definition) is 2. The lowest BCUT2D eigenvalue weighted by Gasteiger charge is -2.14. The zero-order valence-electron chi connectivity index (χ0n) is 9.01. The fraction of sp³-hybridized carbons (Fsp3) is 0.500. The highest BCUT2D eigenvalue weighted by Gasteiger charge is 2.39. The van der Waals surface area contributed by atoms with Gasteiger partial charge in [0, 0.05) is 6.42 Å². The van der Waals surface area contributed by atoms with E-state index in [2.05, 4.69) is 0 Å². The van der Waals surface area contributed by atoms with Gasteiger partial charge in [0.25, 0.3) is 0 Å². The molecule has 0 amide bonds. The zero-order valence-corrected chi connectivity index (χ0v) is 9.01. The molecule has 2 N–H and O–H groups in total. The van der Waals surface area contributed by atoms with Gasteiger partial charge in [-0.15, -0.1) is 0 Å². The molecular formula is C12H15FO3. The van der Waals surface area contributed by atoms with Crippen molar-refractivity contribution in [3.8, 4) is 0 Å². The summed E-state index contributed by atoms with van der Waals surface area (Å²) in [6.45, 7) is 1.72. The van der Waals surface area contributed by atoms with Crippen molar-refractivity contribution in [2.45, 2.75) is 37.8 Å². The highest BCUT2D eigenvalue weighted by Crippen LogP contribution is 2.23. The summed E-state index contributed by atoms with van der Waals surface area (Å²) in [5.74, 6) is -0.287. The number of hydrogen-bond acceptors (Lipinski definition) is 3. The molecule has 4 unspecified atom stereocenters. The van der Waals surface area contributed by atoms with Gasteiger partial charge < -0.3 is 14.9 Å². The van der Waals surface area contributed by atoms with Crippen molar-refractivity contribution in [3.63, 3.8) is 0 Å². The monoisotopic (exact) mass is 226 g/mol. The minimum absolute atomic E-state index is 0.287. The van der Waals surface area contributed by atoms with E-state index < -0.39 is 18.3 Å². The van der Waals surface area contributed by atoms with Crippen molar-refractivity contribution >= 4 is 0 Å². The molecular weight excluding hydrogens is 211 g/mol. The molecule has 4 atom stereocenters. The van der Waals surface area contributed by atoms with Gasteiger partial charge in [0.05, 0.1) is 12.2 Å². The van der Waals surface area contributed by atoms with Gasteiger partial charge in [0.15, 0.2) is 0 Å². The first-order valence-electron chi connectivity index (χ1n) is 5.34. The highest BCUT2D eigenvalue weighted by atomic mass is 19.1. The van der Waals surface area contributed by atoms with Crippen molar-refractivity contribution in [2.75, 3.05) is 0 Å². The van der Waals surface area contributed by atoms with Crippen LogP contribution in [0.1, 0.15) is 12.5 Å². The Morgan fingerprint density at radius 2 is 1.81 bits per heavy atom. The topological polar surface area (TPSA) is 49.7 Å². The lowest BCUT2D eigenvalue weighted by atomic mass is 10.0. The number of aliphatic hydroxyl groups excluding tert-OH is 2. The second kappa shape index (κ2) is 4.49. The lowest BCUT2D eigenvalue weighted by Crippen LogP contribution is -2.32. The summed E-state index contributed by atoms with van der Waals surface area (Å²) in [4.78, 5) is 0. The largest absolute Gasteiger partial charge is 0.388 e. The molecule has 1 saturated heterocycles. The third-order valence-electron chi connectivity index (χ3n) is 2.95. The smallest absolute Gasteiger partial charge is 0.123 e. The van der Waals surface area contributed by atoms with Crippen LogP contribution in [0.5, 0.6) is 0 Å². The molecule has 0 aliphatic carbocycles. The van der Waals surface area contributed by atoms with Crippen LogP contribution in [0.2, 0.25) is 0 Å². The molecule has 2 rings (SSSR count). The van der Waals surface area contributed by atoms with Crippen molar-refractivity contribution < 1.29 is 19.3 Å². The van der Waals surface area contributed by atoms with Crippen LogP contribution in [0.3, 0.4) is 0 Å². The van der Waals surface area contributed by atoms with Gasteiger partial charge in [-0.05, 0) is 24.6 Å². The predicted molar refractivity (Wildman–Crippen MR) is 56.5 cm³/mol. The minimum Gasteiger partial charge on any atom is -0.388 e. The van der Waals surface area contributed by atoms with E-state index >= 15 is 0 Å². The number of ether oxygens (including phenoxy) is 1. The number of rotatable bonds is 2. The maximum absolute atomic E-state index is 12.7. The van der Waals surface area contributed by atoms with Crippen molar-refractivity contribution in [1.29, 1.82) is 0 Å². The Bertz CT molecular complexity index is 352. The molecule has 4 heteroatoms. The summed E-state index contributed by atoms with van der Waals surface area (Å²) in [5, 5.41) is 19.2. The quantitative estimate of drug-likeness (QED) is 0.787. The third kappa shape index (κ3) is 2.24. The van der Waals surface area contributed by atoms with Gasteiger partial charge in [0.1, 0.15) is 18.0 Å². The summed E-state index contributed by atoms with van der Waals surface area (Å²) in [6, 6.07) is 6.05. The molecule has 88 valence electrons. The Hall–Kier alpha value is -0.970. The predicted octanol–water partition coefficient (Wildman–Crippen LogP) is 0.877. The van der Waals surface area contributed by atoms with E-state index in [1.807, 2.05) is 0 Å². The van der Waals surface area contributed by atoms with Crippen molar-refractivity contribution in [2.24, 2.45) is 0 Å². The summed E-state index contributed by atoms with van der Waals surface area (Å²) in [6.07, 6.45) is -2.02. The second-order valence-corrected chi connectivity index (χ2v) is 4.19. The molecule has 1 aromatic rings. The SMILES string of the molecule is CC1OC(Cc2ccc(F)cc2)C(O)C1O. The Kier molecular flexibility index (Phi) is 3.23. The molecule has 16 heavy (non-hydrogen) atoms. The Morgan fingerprint density at radius 1 is 1.19 bits per heavy atom. The van der Waals surface area contributed by atoms with Crippen LogP contribution in [-0.4, -0.2) is 34.6 Å². The summed E-state index contributed by atoms with van der Waals surface area (Å²) in [7, 11) is 0. The average molecular weight is 226 g/mol. The molecule has 1 aliphatic rings. The standard InChI is InChI=1S/C12H15FO3/c1-7-11(14)12(15)10(16-7)6-8-2-4-9(13)5-3-8/h2-5,7,10-12,14-15H,6H2,1H3. The highest BCUT2D eigenvalue weighted by molar-refractivity contribution is 5.17. The van der Waals surface area contributed by atoms with E-state index in [0.717, 1.165) is 5.56 Å². The molecule has 0 bridgehead atoms. The van der Waals surface area contributed by atoms with E-state index in [1.165, 1.54) is 12.1 Å². The molecule has 0 spiro atoms. The van der Waals surface area contributed by atoms with E-state index in [1.54, 1.807) is 19.1 Å². The Labute approximate surface area is 93.5 Å². The molecule has 0 radical (unpaired) electrons. The summed E-state index contributed by atoms with van der Waals surface area (Å²) < 4.78 is 18.1. The normalized spacial score (nSPS) is 34.2. The summed E-state index contributed by atoms with van der Waals surface area (Å²) in [5.41, 5.74) is 0.881. The zero-order chi connectivity index (χ0) is 11.7. The number of aliphatic hydroxyl groups is 2. The van der Waals surface area contributed by atoms with E-state index in [-0.39, 0.29) is 11.9 Å². The average Bonchev–Trinajstić information content (AvgIpc) is 2.50. The fourth-order valence-corrected chi connectivity index (χ4v) is 1.96. The van der Waals surface area contributed by atoms with Crippen LogP contribution in [0.4, 0.5) is 4.39 Å². The Balaban J connectivity index is 2.03. The molecule has 3 nitrogen and oxygen atoms in total. The Morgan fingerprint density at radius 3 is 2.31 bits per heavy atom. The van der Waals surface area contributed by atoms with Gasteiger partial charge >= 0.3 is 0 Å². The first-order valence-corrected chi connectivity index (χ1v) is 5.34. The van der Waals surface area contributed by atoms with Crippen LogP contribution in [0.15, 0.2) is 24.3 Å². The molecule has 1 fully saturated rings. The third-order valence-corrected chi connectivity index (χ3v) is 2.95. The molecule has 0 aromatic heterocycles. The van der Waals surface area contributed by atoms with Crippen LogP contribution < -0.4 is 0 Å². The van der Waals surface area contributed by atoms with E-state index in [9.17, 15) is 14.6 Å².